The van der Waals surface area contributed by atoms with Crippen molar-refractivity contribution in [3.63, 3.8) is 0 Å². The summed E-state index contributed by atoms with van der Waals surface area (Å²) in [5.74, 6) is -2.83. The van der Waals surface area contributed by atoms with Crippen molar-refractivity contribution in [1.82, 2.24) is 10.2 Å². The molecule has 34 heavy (non-hydrogen) atoms. The van der Waals surface area contributed by atoms with E-state index in [-0.39, 0.29) is 11.4 Å². The molecule has 178 valence electrons. The van der Waals surface area contributed by atoms with E-state index in [2.05, 4.69) is 10.6 Å². The Balaban J connectivity index is 1.68. The van der Waals surface area contributed by atoms with Gasteiger partial charge in [-0.2, -0.15) is 13.2 Å². The van der Waals surface area contributed by atoms with Crippen LogP contribution in [-0.4, -0.2) is 47.4 Å². The molecule has 2 aromatic carbocycles. The molecular formula is C23H21F3N4O4. The fraction of sp³-hybridized carbons (Fsp3) is 0.304. The highest BCUT2D eigenvalue weighted by Gasteiger charge is 2.52. The summed E-state index contributed by atoms with van der Waals surface area (Å²) < 4.78 is 41.7. The SMILES string of the molecule is Cc1ccc([C@]2(C)NC(=O)N(CC(=O)N3c4ccccc4NC(=O)C[C@H]3C(F)(F)F)C2=O)cc1. The first-order valence-electron chi connectivity index (χ1n) is 10.4. The van der Waals surface area contributed by atoms with Crippen molar-refractivity contribution >= 4 is 35.1 Å². The minimum Gasteiger partial charge on any atom is -0.324 e. The van der Waals surface area contributed by atoms with Crippen molar-refractivity contribution in [2.45, 2.75) is 38.0 Å². The zero-order valence-corrected chi connectivity index (χ0v) is 18.3. The number of amides is 5. The zero-order chi connectivity index (χ0) is 24.8. The molecular weight excluding hydrogens is 453 g/mol. The first kappa shape index (κ1) is 23.3. The Morgan fingerprint density at radius 1 is 1.09 bits per heavy atom. The number of aryl methyl sites for hydroxylation is 1. The van der Waals surface area contributed by atoms with Crippen LogP contribution in [0, 0.1) is 6.92 Å². The lowest BCUT2D eigenvalue weighted by Gasteiger charge is -2.32. The van der Waals surface area contributed by atoms with Crippen LogP contribution < -0.4 is 15.5 Å². The van der Waals surface area contributed by atoms with E-state index in [0.717, 1.165) is 5.56 Å². The predicted molar refractivity (Wildman–Crippen MR) is 116 cm³/mol. The van der Waals surface area contributed by atoms with E-state index in [1.165, 1.54) is 31.2 Å². The van der Waals surface area contributed by atoms with Gasteiger partial charge in [-0.15, -0.1) is 0 Å². The Hall–Kier alpha value is -3.89. The number of benzene rings is 2. The number of nitrogens with one attached hydrogen (secondary N) is 2. The van der Waals surface area contributed by atoms with Gasteiger partial charge >= 0.3 is 12.2 Å². The highest BCUT2D eigenvalue weighted by molar-refractivity contribution is 6.12. The monoisotopic (exact) mass is 474 g/mol. The second-order valence-electron chi connectivity index (χ2n) is 8.40. The lowest BCUT2D eigenvalue weighted by molar-refractivity contribution is -0.158. The third-order valence-electron chi connectivity index (χ3n) is 5.97. The summed E-state index contributed by atoms with van der Waals surface area (Å²) >= 11 is 0. The molecule has 5 amide bonds. The van der Waals surface area contributed by atoms with Gasteiger partial charge in [0, 0.05) is 0 Å². The zero-order valence-electron chi connectivity index (χ0n) is 18.3. The molecule has 4 rings (SSSR count). The average molecular weight is 474 g/mol. The number of halogens is 3. The number of hydrogen-bond acceptors (Lipinski definition) is 4. The first-order valence-corrected chi connectivity index (χ1v) is 10.4. The smallest absolute Gasteiger partial charge is 0.324 e. The van der Waals surface area contributed by atoms with E-state index in [1.54, 1.807) is 24.3 Å². The molecule has 0 unspecified atom stereocenters. The molecule has 0 saturated carbocycles. The second-order valence-corrected chi connectivity index (χ2v) is 8.40. The molecule has 11 heteroatoms. The fourth-order valence-corrected chi connectivity index (χ4v) is 4.13. The number of urea groups is 1. The Morgan fingerprint density at radius 3 is 2.38 bits per heavy atom. The number of carbonyl (C=O) groups excluding carboxylic acids is 4. The highest BCUT2D eigenvalue weighted by atomic mass is 19.4. The molecule has 2 aliphatic rings. The third kappa shape index (κ3) is 3.97. The summed E-state index contributed by atoms with van der Waals surface area (Å²) in [4.78, 5) is 52.2. The predicted octanol–water partition coefficient (Wildman–Crippen LogP) is 3.07. The van der Waals surface area contributed by atoms with E-state index >= 15 is 0 Å². The summed E-state index contributed by atoms with van der Waals surface area (Å²) in [5, 5.41) is 4.90. The minimum absolute atomic E-state index is 0.0225. The summed E-state index contributed by atoms with van der Waals surface area (Å²) in [5.41, 5.74) is -0.238. The number of fused-ring (bicyclic) bond motifs is 1. The summed E-state index contributed by atoms with van der Waals surface area (Å²) in [6.45, 7) is 2.38. The van der Waals surface area contributed by atoms with E-state index < -0.39 is 54.5 Å². The maximum absolute atomic E-state index is 13.9. The Kier molecular flexibility index (Phi) is 5.58. The van der Waals surface area contributed by atoms with Crippen LogP contribution in [0.5, 0.6) is 0 Å². The number of carbonyl (C=O) groups is 4. The number of imide groups is 1. The average Bonchev–Trinajstić information content (AvgIpc) is 2.89. The number of rotatable bonds is 3. The van der Waals surface area contributed by atoms with E-state index in [4.69, 9.17) is 0 Å². The fourth-order valence-electron chi connectivity index (χ4n) is 4.13. The number of anilines is 2. The quantitative estimate of drug-likeness (QED) is 0.668. The van der Waals surface area contributed by atoms with Gasteiger partial charge in [0.25, 0.3) is 5.91 Å². The first-order chi connectivity index (χ1) is 15.9. The molecule has 0 aliphatic carbocycles. The topological polar surface area (TPSA) is 98.8 Å². The van der Waals surface area contributed by atoms with Crippen LogP contribution in [0.2, 0.25) is 0 Å². The number of alkyl halides is 3. The van der Waals surface area contributed by atoms with Gasteiger partial charge in [-0.3, -0.25) is 24.2 Å². The van der Waals surface area contributed by atoms with Crippen LogP contribution in [0.3, 0.4) is 0 Å². The van der Waals surface area contributed by atoms with Crippen LogP contribution >= 0.6 is 0 Å². The normalized spacial score (nSPS) is 22.7. The van der Waals surface area contributed by atoms with E-state index in [0.29, 0.717) is 15.4 Å². The van der Waals surface area contributed by atoms with Gasteiger partial charge in [0.2, 0.25) is 11.8 Å². The molecule has 2 heterocycles. The van der Waals surface area contributed by atoms with Crippen LogP contribution in [-0.2, 0) is 19.9 Å². The maximum Gasteiger partial charge on any atom is 0.409 e. The molecule has 0 spiro atoms. The second kappa shape index (κ2) is 8.15. The minimum atomic E-state index is -4.93. The van der Waals surface area contributed by atoms with Crippen LogP contribution in [0.25, 0.3) is 0 Å². The third-order valence-corrected chi connectivity index (χ3v) is 5.97. The molecule has 2 aromatic rings. The van der Waals surface area contributed by atoms with Crippen molar-refractivity contribution in [2.75, 3.05) is 16.8 Å². The lowest BCUT2D eigenvalue weighted by Crippen LogP contribution is -2.53. The number of nitrogens with zero attached hydrogens (tertiary/aromatic N) is 2. The molecule has 1 fully saturated rings. The number of hydrogen-bond donors (Lipinski definition) is 2. The van der Waals surface area contributed by atoms with Crippen molar-refractivity contribution in [3.05, 3.63) is 59.7 Å². The van der Waals surface area contributed by atoms with Gasteiger partial charge in [-0.05, 0) is 31.5 Å². The van der Waals surface area contributed by atoms with Crippen molar-refractivity contribution in [1.29, 1.82) is 0 Å². The van der Waals surface area contributed by atoms with Gasteiger partial charge < -0.3 is 10.6 Å². The van der Waals surface area contributed by atoms with Crippen molar-refractivity contribution in [2.24, 2.45) is 0 Å². The summed E-state index contributed by atoms with van der Waals surface area (Å²) in [7, 11) is 0. The largest absolute Gasteiger partial charge is 0.409 e. The van der Waals surface area contributed by atoms with Crippen molar-refractivity contribution in [3.8, 4) is 0 Å². The molecule has 1 saturated heterocycles. The van der Waals surface area contributed by atoms with Gasteiger partial charge in [-0.1, -0.05) is 42.0 Å². The Bertz CT molecular complexity index is 1180. The molecule has 2 aliphatic heterocycles. The van der Waals surface area contributed by atoms with E-state index in [1.807, 2.05) is 6.92 Å². The molecule has 0 aromatic heterocycles. The lowest BCUT2D eigenvalue weighted by atomic mass is 9.91. The van der Waals surface area contributed by atoms with E-state index in [9.17, 15) is 32.3 Å². The summed E-state index contributed by atoms with van der Waals surface area (Å²) in [6.07, 6.45) is -5.96. The molecule has 2 atom stereocenters. The molecule has 2 N–H and O–H groups in total. The van der Waals surface area contributed by atoms with Gasteiger partial charge in [0.15, 0.2) is 0 Å². The van der Waals surface area contributed by atoms with Crippen molar-refractivity contribution < 1.29 is 32.3 Å². The van der Waals surface area contributed by atoms with Gasteiger partial charge in [0.1, 0.15) is 18.1 Å². The molecule has 8 nitrogen and oxygen atoms in total. The Labute approximate surface area is 192 Å². The summed E-state index contributed by atoms with van der Waals surface area (Å²) in [6, 6.07) is 9.00. The molecule has 0 radical (unpaired) electrons. The Morgan fingerprint density at radius 2 is 1.74 bits per heavy atom. The van der Waals surface area contributed by atoms with Crippen LogP contribution in [0.4, 0.5) is 29.3 Å². The maximum atomic E-state index is 13.9. The highest BCUT2D eigenvalue weighted by Crippen LogP contribution is 2.38. The molecule has 0 bridgehead atoms. The van der Waals surface area contributed by atoms with Gasteiger partial charge in [0.05, 0.1) is 17.8 Å². The van der Waals surface area contributed by atoms with Crippen LogP contribution in [0.1, 0.15) is 24.5 Å². The van der Waals surface area contributed by atoms with Crippen LogP contribution in [0.15, 0.2) is 48.5 Å². The standard InChI is InChI=1S/C23H21F3N4O4/c1-13-7-9-14(10-8-13)22(2)20(33)29(21(34)28-22)12-19(32)30-16-6-4-3-5-15(16)27-18(31)11-17(30)23(24,25)26/h3-10,17H,11-12H2,1-2H3,(H,27,31)(H,28,34)/t17-,22-/m0/s1. The number of para-hydroxylation sites is 2. The van der Waals surface area contributed by atoms with Gasteiger partial charge in [-0.25, -0.2) is 4.79 Å².